The number of hydrogen-bond acceptors (Lipinski definition) is 6. The lowest BCUT2D eigenvalue weighted by molar-refractivity contribution is -0.135. The SMILES string of the molecule is Cc1cc(C)n(CCC(=O)N2CCCCCCOc3ccccc3Oc3ccc(Cl)cc3NC(=O)C2)c(=O)n1. The van der Waals surface area contributed by atoms with Gasteiger partial charge in [0.15, 0.2) is 17.2 Å². The van der Waals surface area contributed by atoms with E-state index in [4.69, 9.17) is 21.1 Å². The highest BCUT2D eigenvalue weighted by Crippen LogP contribution is 2.36. The van der Waals surface area contributed by atoms with Gasteiger partial charge in [0.1, 0.15) is 0 Å². The Balaban J connectivity index is 1.53. The number of benzene rings is 2. The predicted octanol–water partition coefficient (Wildman–Crippen LogP) is 5.12. The quantitative estimate of drug-likeness (QED) is 0.484. The predicted molar refractivity (Wildman–Crippen MR) is 150 cm³/mol. The molecule has 0 fully saturated rings. The average Bonchev–Trinajstić information content (AvgIpc) is 2.88. The summed E-state index contributed by atoms with van der Waals surface area (Å²) in [4.78, 5) is 44.2. The molecule has 0 saturated carbocycles. The summed E-state index contributed by atoms with van der Waals surface area (Å²) in [5, 5.41) is 3.28. The van der Waals surface area contributed by atoms with Crippen molar-refractivity contribution in [1.82, 2.24) is 14.5 Å². The molecule has 2 heterocycles. The Hall–Kier alpha value is -3.85. The third-order valence-electron chi connectivity index (χ3n) is 6.45. The van der Waals surface area contributed by atoms with Gasteiger partial charge in [0.05, 0.1) is 18.8 Å². The lowest BCUT2D eigenvalue weighted by atomic mass is 10.2. The number of halogens is 1. The third kappa shape index (κ3) is 7.83. The van der Waals surface area contributed by atoms with Crippen molar-refractivity contribution in [1.29, 1.82) is 0 Å². The molecule has 1 N–H and O–H groups in total. The highest BCUT2D eigenvalue weighted by atomic mass is 35.5. The topological polar surface area (TPSA) is 103 Å². The minimum Gasteiger partial charge on any atom is -0.490 e. The van der Waals surface area contributed by atoms with Crippen molar-refractivity contribution in [3.63, 3.8) is 0 Å². The molecule has 0 saturated heterocycles. The van der Waals surface area contributed by atoms with Crippen molar-refractivity contribution in [2.24, 2.45) is 0 Å². The molecule has 2 aromatic carbocycles. The first-order valence-corrected chi connectivity index (χ1v) is 13.5. The number of nitrogens with zero attached hydrogens (tertiary/aromatic N) is 3. The number of hydrogen-bond donors (Lipinski definition) is 1. The Morgan fingerprint density at radius 2 is 1.77 bits per heavy atom. The number of nitrogens with one attached hydrogen (secondary N) is 1. The minimum atomic E-state index is -0.386. The van der Waals surface area contributed by atoms with Crippen LogP contribution in [0.2, 0.25) is 5.02 Å². The number of amides is 2. The van der Waals surface area contributed by atoms with Crippen molar-refractivity contribution < 1.29 is 19.1 Å². The summed E-state index contributed by atoms with van der Waals surface area (Å²) in [5.74, 6) is 0.952. The first-order chi connectivity index (χ1) is 18.8. The van der Waals surface area contributed by atoms with E-state index in [1.807, 2.05) is 25.1 Å². The Bertz CT molecular complexity index is 1390. The van der Waals surface area contributed by atoms with Crippen LogP contribution in [0.15, 0.2) is 53.3 Å². The molecule has 39 heavy (non-hydrogen) atoms. The molecule has 1 aliphatic heterocycles. The van der Waals surface area contributed by atoms with E-state index < -0.39 is 0 Å². The van der Waals surface area contributed by atoms with Gasteiger partial charge in [0.25, 0.3) is 0 Å². The molecular formula is C29H33ClN4O5. The fourth-order valence-corrected chi connectivity index (χ4v) is 4.64. The Labute approximate surface area is 232 Å². The number of aromatic nitrogens is 2. The van der Waals surface area contributed by atoms with Crippen LogP contribution in [0.4, 0.5) is 5.69 Å². The summed E-state index contributed by atoms with van der Waals surface area (Å²) >= 11 is 6.22. The number of aryl methyl sites for hydroxylation is 2. The molecular weight excluding hydrogens is 520 g/mol. The monoisotopic (exact) mass is 552 g/mol. The first kappa shape index (κ1) is 28.2. The number of carbonyl (C=O) groups excluding carboxylic acids is 2. The minimum absolute atomic E-state index is 0.0783. The smallest absolute Gasteiger partial charge is 0.347 e. The number of ether oxygens (including phenoxy) is 2. The van der Waals surface area contributed by atoms with Crippen molar-refractivity contribution in [2.75, 3.05) is 25.0 Å². The van der Waals surface area contributed by atoms with E-state index in [-0.39, 0.29) is 37.0 Å². The molecule has 3 aromatic rings. The summed E-state index contributed by atoms with van der Waals surface area (Å²) in [5.41, 5.74) is 1.37. The summed E-state index contributed by atoms with van der Waals surface area (Å²) in [6, 6.07) is 14.1. The van der Waals surface area contributed by atoms with Gasteiger partial charge < -0.3 is 19.7 Å². The van der Waals surface area contributed by atoms with Crippen molar-refractivity contribution in [3.05, 3.63) is 75.4 Å². The molecule has 0 spiro atoms. The second kappa shape index (κ2) is 13.3. The molecule has 1 aromatic heterocycles. The number of anilines is 1. The molecule has 4 rings (SSSR count). The molecule has 0 unspecified atom stereocenters. The highest BCUT2D eigenvalue weighted by molar-refractivity contribution is 6.31. The fraction of sp³-hybridized carbons (Fsp3) is 0.379. The molecule has 2 amide bonds. The van der Waals surface area contributed by atoms with Crippen LogP contribution in [-0.2, 0) is 16.1 Å². The molecule has 0 radical (unpaired) electrons. The zero-order valence-electron chi connectivity index (χ0n) is 22.2. The van der Waals surface area contributed by atoms with E-state index in [0.29, 0.717) is 46.8 Å². The number of fused-ring (bicyclic) bond motifs is 2. The molecule has 9 nitrogen and oxygen atoms in total. The summed E-state index contributed by atoms with van der Waals surface area (Å²) in [6.45, 7) is 4.59. The van der Waals surface area contributed by atoms with Crippen molar-refractivity contribution >= 4 is 29.1 Å². The molecule has 0 atom stereocenters. The number of para-hydroxylation sites is 2. The highest BCUT2D eigenvalue weighted by Gasteiger charge is 2.20. The second-order valence-electron chi connectivity index (χ2n) is 9.54. The van der Waals surface area contributed by atoms with Gasteiger partial charge >= 0.3 is 5.69 Å². The zero-order valence-corrected chi connectivity index (χ0v) is 23.0. The van der Waals surface area contributed by atoms with Gasteiger partial charge in [-0.2, -0.15) is 4.98 Å². The van der Waals surface area contributed by atoms with Gasteiger partial charge in [0.2, 0.25) is 11.8 Å². The largest absolute Gasteiger partial charge is 0.490 e. The van der Waals surface area contributed by atoms with E-state index in [2.05, 4.69) is 10.3 Å². The molecule has 0 bridgehead atoms. The Morgan fingerprint density at radius 1 is 1.00 bits per heavy atom. The van der Waals surface area contributed by atoms with Gasteiger partial charge in [-0.15, -0.1) is 0 Å². The lowest BCUT2D eigenvalue weighted by Gasteiger charge is -2.23. The maximum atomic E-state index is 13.2. The summed E-state index contributed by atoms with van der Waals surface area (Å²) in [6.07, 6.45) is 3.46. The Morgan fingerprint density at radius 3 is 2.56 bits per heavy atom. The normalized spacial score (nSPS) is 14.8. The maximum Gasteiger partial charge on any atom is 0.347 e. The van der Waals surface area contributed by atoms with Crippen LogP contribution in [-0.4, -0.2) is 46.0 Å². The standard InChI is InChI=1S/C29H33ClN4O5/c1-20-17-21(2)34(29(37)31-20)15-13-28(36)33-14-7-3-4-8-16-38-25-9-5-6-10-26(25)39-24-12-11-22(30)18-23(24)32-27(35)19-33/h5-6,9-12,17-18H,3-4,7-8,13-16,19H2,1-2H3,(H,32,35). The molecule has 206 valence electrons. The van der Waals surface area contributed by atoms with Crippen LogP contribution in [0.5, 0.6) is 17.2 Å². The Kier molecular flexibility index (Phi) is 9.59. The lowest BCUT2D eigenvalue weighted by Crippen LogP contribution is -2.39. The van der Waals surface area contributed by atoms with Crippen LogP contribution in [0.1, 0.15) is 43.5 Å². The first-order valence-electron chi connectivity index (χ1n) is 13.1. The van der Waals surface area contributed by atoms with Crippen LogP contribution in [0.25, 0.3) is 0 Å². The summed E-state index contributed by atoms with van der Waals surface area (Å²) < 4.78 is 13.6. The molecule has 0 aliphatic carbocycles. The van der Waals surface area contributed by atoms with Gasteiger partial charge in [-0.3, -0.25) is 14.2 Å². The van der Waals surface area contributed by atoms with Crippen molar-refractivity contribution in [3.8, 4) is 17.2 Å². The average molecular weight is 553 g/mol. The van der Waals surface area contributed by atoms with Gasteiger partial charge in [-0.25, -0.2) is 4.79 Å². The maximum absolute atomic E-state index is 13.2. The number of carbonyl (C=O) groups is 2. The van der Waals surface area contributed by atoms with Gasteiger partial charge in [0, 0.05) is 35.9 Å². The van der Waals surface area contributed by atoms with Crippen LogP contribution < -0.4 is 20.5 Å². The van der Waals surface area contributed by atoms with Gasteiger partial charge in [-0.05, 0) is 63.1 Å². The van der Waals surface area contributed by atoms with E-state index >= 15 is 0 Å². The van der Waals surface area contributed by atoms with E-state index in [9.17, 15) is 14.4 Å². The van der Waals surface area contributed by atoms with E-state index in [0.717, 1.165) is 31.4 Å². The third-order valence-corrected chi connectivity index (χ3v) is 6.68. The van der Waals surface area contributed by atoms with Gasteiger partial charge in [-0.1, -0.05) is 36.6 Å². The van der Waals surface area contributed by atoms with Crippen molar-refractivity contribution in [2.45, 2.75) is 52.5 Å². The zero-order chi connectivity index (χ0) is 27.8. The molecule has 10 heteroatoms. The van der Waals surface area contributed by atoms with Crippen LogP contribution >= 0.6 is 11.6 Å². The second-order valence-corrected chi connectivity index (χ2v) is 9.97. The fourth-order valence-electron chi connectivity index (χ4n) is 4.47. The van der Waals surface area contributed by atoms with Crippen LogP contribution in [0.3, 0.4) is 0 Å². The molecule has 1 aliphatic rings. The number of rotatable bonds is 3. The van der Waals surface area contributed by atoms with E-state index in [1.165, 1.54) is 4.57 Å². The van der Waals surface area contributed by atoms with E-state index in [1.54, 1.807) is 42.2 Å². The van der Waals surface area contributed by atoms with Crippen LogP contribution in [0, 0.1) is 13.8 Å². The summed E-state index contributed by atoms with van der Waals surface area (Å²) in [7, 11) is 0.